The van der Waals surface area contributed by atoms with Gasteiger partial charge in [-0.05, 0) is 88.3 Å². The molecule has 0 bridgehead atoms. The molecule has 4 aromatic heterocycles. The van der Waals surface area contributed by atoms with Crippen LogP contribution in [0.3, 0.4) is 0 Å². The van der Waals surface area contributed by atoms with Crippen molar-refractivity contribution in [1.82, 2.24) is 19.1 Å². The minimum absolute atomic E-state index is 0.626. The molecule has 0 aliphatic carbocycles. The standard InChI is InChI=1S/C52H30N4O/c1-2-13-33-29-46-41(27-32(33)12-1)37-15-6-9-19-44(37)55(46)35-23-24-40-47(30-35)56(45-25-21-31-11-3-4-14-36(31)50(40)45)52-53-43-18-8-5-17-39(43)51(54-52)34-22-26-49-42(28-34)38-16-7-10-20-48(38)57-49/h1-30H. The largest absolute Gasteiger partial charge is 0.456 e. The molecule has 9 aromatic carbocycles. The first kappa shape index (κ1) is 30.6. The zero-order valence-corrected chi connectivity index (χ0v) is 30.5. The van der Waals surface area contributed by atoms with Crippen LogP contribution in [-0.2, 0) is 0 Å². The maximum atomic E-state index is 6.22. The molecule has 0 saturated carbocycles. The van der Waals surface area contributed by atoms with E-state index in [2.05, 4.69) is 179 Å². The number of hydrogen-bond acceptors (Lipinski definition) is 3. The highest BCUT2D eigenvalue weighted by Crippen LogP contribution is 2.41. The summed E-state index contributed by atoms with van der Waals surface area (Å²) < 4.78 is 10.9. The topological polar surface area (TPSA) is 48.8 Å². The fraction of sp³-hybridized carbons (Fsp3) is 0. The number of benzene rings is 9. The van der Waals surface area contributed by atoms with Crippen molar-refractivity contribution in [2.24, 2.45) is 0 Å². The first-order valence-electron chi connectivity index (χ1n) is 19.3. The molecule has 0 unspecified atom stereocenters. The fourth-order valence-corrected chi connectivity index (χ4v) is 9.32. The van der Waals surface area contributed by atoms with E-state index < -0.39 is 0 Å². The van der Waals surface area contributed by atoms with Crippen molar-refractivity contribution in [3.8, 4) is 22.9 Å². The van der Waals surface area contributed by atoms with Crippen LogP contribution in [0.2, 0.25) is 0 Å². The van der Waals surface area contributed by atoms with Gasteiger partial charge in [0.05, 0.1) is 33.3 Å². The molecule has 0 saturated heterocycles. The van der Waals surface area contributed by atoms with Gasteiger partial charge in [-0.15, -0.1) is 0 Å². The number of aromatic nitrogens is 4. The van der Waals surface area contributed by atoms with Crippen LogP contribution < -0.4 is 0 Å². The average Bonchev–Trinajstić information content (AvgIpc) is 3.92. The summed E-state index contributed by atoms with van der Waals surface area (Å²) in [4.78, 5) is 10.8. The van der Waals surface area contributed by atoms with Gasteiger partial charge in [0, 0.05) is 49.0 Å². The van der Waals surface area contributed by atoms with E-state index in [-0.39, 0.29) is 0 Å². The van der Waals surface area contributed by atoms with Gasteiger partial charge in [-0.1, -0.05) is 115 Å². The van der Waals surface area contributed by atoms with Gasteiger partial charge in [0.1, 0.15) is 11.2 Å². The average molecular weight is 727 g/mol. The number of rotatable bonds is 3. The van der Waals surface area contributed by atoms with Crippen LogP contribution in [0, 0.1) is 0 Å². The molecule has 0 fully saturated rings. The highest BCUT2D eigenvalue weighted by atomic mass is 16.3. The summed E-state index contributed by atoms with van der Waals surface area (Å²) in [7, 11) is 0. The predicted molar refractivity (Wildman–Crippen MR) is 236 cm³/mol. The van der Waals surface area contributed by atoms with Gasteiger partial charge in [-0.3, -0.25) is 4.57 Å². The summed E-state index contributed by atoms with van der Waals surface area (Å²) in [5.41, 5.74) is 10.0. The third-order valence-electron chi connectivity index (χ3n) is 11.9. The third kappa shape index (κ3) is 4.34. The molecule has 0 aliphatic rings. The predicted octanol–water partition coefficient (Wildman–Crippen LogP) is 13.7. The Bertz CT molecular complexity index is 3830. The molecule has 264 valence electrons. The first-order valence-corrected chi connectivity index (χ1v) is 19.3. The molecule has 5 heteroatoms. The van der Waals surface area contributed by atoms with E-state index in [0.29, 0.717) is 5.95 Å². The van der Waals surface area contributed by atoms with Crippen molar-refractivity contribution in [1.29, 1.82) is 0 Å². The van der Waals surface area contributed by atoms with Crippen LogP contribution in [0.1, 0.15) is 0 Å². The molecule has 0 spiro atoms. The fourth-order valence-electron chi connectivity index (χ4n) is 9.32. The summed E-state index contributed by atoms with van der Waals surface area (Å²) in [6.07, 6.45) is 0. The smallest absolute Gasteiger partial charge is 0.235 e. The Morgan fingerprint density at radius 2 is 1.07 bits per heavy atom. The second kappa shape index (κ2) is 11.4. The number of nitrogens with zero attached hydrogens (tertiary/aromatic N) is 4. The van der Waals surface area contributed by atoms with Crippen molar-refractivity contribution in [3.63, 3.8) is 0 Å². The Kier molecular flexibility index (Phi) is 6.10. The zero-order valence-electron chi connectivity index (χ0n) is 30.5. The summed E-state index contributed by atoms with van der Waals surface area (Å²) in [5, 5.41) is 12.8. The molecular formula is C52H30N4O. The molecule has 13 rings (SSSR count). The van der Waals surface area contributed by atoms with Crippen molar-refractivity contribution in [2.75, 3.05) is 0 Å². The van der Waals surface area contributed by atoms with Gasteiger partial charge in [0.25, 0.3) is 0 Å². The van der Waals surface area contributed by atoms with E-state index in [1.165, 1.54) is 48.7 Å². The summed E-state index contributed by atoms with van der Waals surface area (Å²) in [5.74, 6) is 0.626. The Morgan fingerprint density at radius 3 is 1.96 bits per heavy atom. The lowest BCUT2D eigenvalue weighted by Crippen LogP contribution is -2.04. The molecule has 0 aliphatic heterocycles. The highest BCUT2D eigenvalue weighted by Gasteiger charge is 2.21. The van der Waals surface area contributed by atoms with E-state index in [0.717, 1.165) is 66.2 Å². The summed E-state index contributed by atoms with van der Waals surface area (Å²) in [6.45, 7) is 0. The van der Waals surface area contributed by atoms with Crippen LogP contribution in [0.15, 0.2) is 186 Å². The Labute approximate surface area is 325 Å². The van der Waals surface area contributed by atoms with E-state index in [1.54, 1.807) is 0 Å². The van der Waals surface area contributed by atoms with Crippen LogP contribution in [0.5, 0.6) is 0 Å². The number of furan rings is 1. The Morgan fingerprint density at radius 1 is 0.368 bits per heavy atom. The lowest BCUT2D eigenvalue weighted by molar-refractivity contribution is 0.669. The monoisotopic (exact) mass is 726 g/mol. The number of fused-ring (bicyclic) bond motifs is 13. The third-order valence-corrected chi connectivity index (χ3v) is 11.9. The molecule has 0 radical (unpaired) electrons. The second-order valence-corrected chi connectivity index (χ2v) is 15.0. The molecule has 0 N–H and O–H groups in total. The van der Waals surface area contributed by atoms with E-state index in [4.69, 9.17) is 14.4 Å². The van der Waals surface area contributed by atoms with Gasteiger partial charge in [-0.25, -0.2) is 9.97 Å². The second-order valence-electron chi connectivity index (χ2n) is 15.0. The van der Waals surface area contributed by atoms with Gasteiger partial charge in [0.15, 0.2) is 0 Å². The molecule has 57 heavy (non-hydrogen) atoms. The number of hydrogen-bond donors (Lipinski definition) is 0. The van der Waals surface area contributed by atoms with Crippen LogP contribution in [-0.4, -0.2) is 19.1 Å². The van der Waals surface area contributed by atoms with Crippen LogP contribution in [0.4, 0.5) is 0 Å². The van der Waals surface area contributed by atoms with Gasteiger partial charge in [-0.2, -0.15) is 0 Å². The van der Waals surface area contributed by atoms with Crippen LogP contribution >= 0.6 is 0 Å². The highest BCUT2D eigenvalue weighted by molar-refractivity contribution is 6.22. The van der Waals surface area contributed by atoms with E-state index in [9.17, 15) is 0 Å². The van der Waals surface area contributed by atoms with Gasteiger partial charge >= 0.3 is 0 Å². The Balaban J connectivity index is 1.13. The van der Waals surface area contributed by atoms with E-state index >= 15 is 0 Å². The molecule has 0 atom stereocenters. The SMILES string of the molecule is c1ccc2cc3c(cc2c1)c1ccccc1n3-c1ccc2c3c4ccccc4ccc3n(-c3nc(-c4ccc5oc6ccccc6c5c4)c4ccccc4n3)c2c1. The molecule has 0 amide bonds. The molecule has 5 nitrogen and oxygen atoms in total. The molecule has 13 aromatic rings. The van der Waals surface area contributed by atoms with Crippen LogP contribution in [0.25, 0.3) is 121 Å². The molecule has 4 heterocycles. The maximum Gasteiger partial charge on any atom is 0.235 e. The quantitative estimate of drug-likeness (QED) is 0.182. The van der Waals surface area contributed by atoms with Crippen molar-refractivity contribution < 1.29 is 4.42 Å². The van der Waals surface area contributed by atoms with Crippen molar-refractivity contribution in [3.05, 3.63) is 182 Å². The molecular weight excluding hydrogens is 697 g/mol. The summed E-state index contributed by atoms with van der Waals surface area (Å²) >= 11 is 0. The van der Waals surface area contributed by atoms with Gasteiger partial charge in [0.2, 0.25) is 5.95 Å². The lowest BCUT2D eigenvalue weighted by Gasteiger charge is -2.13. The van der Waals surface area contributed by atoms with Gasteiger partial charge < -0.3 is 8.98 Å². The zero-order chi connectivity index (χ0) is 37.2. The summed E-state index contributed by atoms with van der Waals surface area (Å²) in [6, 6.07) is 64.9. The maximum absolute atomic E-state index is 6.22. The van der Waals surface area contributed by atoms with E-state index in [1.807, 2.05) is 12.1 Å². The minimum Gasteiger partial charge on any atom is -0.456 e. The number of para-hydroxylation sites is 3. The normalized spacial score (nSPS) is 12.2. The van der Waals surface area contributed by atoms with Crippen molar-refractivity contribution >= 4 is 98.0 Å². The minimum atomic E-state index is 0.626. The van der Waals surface area contributed by atoms with Crippen molar-refractivity contribution in [2.45, 2.75) is 0 Å². The first-order chi connectivity index (χ1) is 28.2. The lowest BCUT2D eigenvalue weighted by atomic mass is 10.0. The Hall–Kier alpha value is -7.76.